The maximum absolute atomic E-state index is 10.4. The first kappa shape index (κ1) is 20.1. The zero-order valence-electron chi connectivity index (χ0n) is 14.9. The van der Waals surface area contributed by atoms with Gasteiger partial charge in [-0.1, -0.05) is 25.8 Å². The molecule has 0 radical (unpaired) electrons. The highest BCUT2D eigenvalue weighted by molar-refractivity contribution is 5.64. The Balaban J connectivity index is 2.48. The van der Waals surface area contributed by atoms with Crippen molar-refractivity contribution < 1.29 is 19.4 Å². The van der Waals surface area contributed by atoms with Gasteiger partial charge in [-0.15, -0.1) is 0 Å². The Morgan fingerprint density at radius 3 is 2.67 bits per heavy atom. The molecule has 1 aromatic rings. The number of methoxy groups -OCH3 is 1. The van der Waals surface area contributed by atoms with E-state index in [-0.39, 0.29) is 6.04 Å². The molecule has 6 nitrogen and oxygen atoms in total. The summed E-state index contributed by atoms with van der Waals surface area (Å²) in [4.78, 5) is 10.4. The van der Waals surface area contributed by atoms with Crippen molar-refractivity contribution >= 4 is 6.09 Å². The van der Waals surface area contributed by atoms with E-state index in [2.05, 4.69) is 24.5 Å². The number of hydrogen-bond donors (Lipinski definition) is 3. The third-order valence-corrected chi connectivity index (χ3v) is 3.77. The van der Waals surface area contributed by atoms with Crippen molar-refractivity contribution in [1.29, 1.82) is 0 Å². The van der Waals surface area contributed by atoms with E-state index >= 15 is 0 Å². The molecule has 0 fully saturated rings. The van der Waals surface area contributed by atoms with E-state index in [0.29, 0.717) is 13.2 Å². The first-order valence-corrected chi connectivity index (χ1v) is 8.59. The smallest absolute Gasteiger partial charge is 0.404 e. The predicted molar refractivity (Wildman–Crippen MR) is 95.1 cm³/mol. The number of benzene rings is 1. The molecule has 0 bridgehead atoms. The van der Waals surface area contributed by atoms with E-state index in [1.165, 1.54) is 6.42 Å². The maximum atomic E-state index is 10.4. The van der Waals surface area contributed by atoms with Crippen LogP contribution in [0, 0.1) is 0 Å². The van der Waals surface area contributed by atoms with E-state index in [0.717, 1.165) is 42.9 Å². The summed E-state index contributed by atoms with van der Waals surface area (Å²) in [6, 6.07) is 6.12. The fourth-order valence-corrected chi connectivity index (χ4v) is 2.33. The van der Waals surface area contributed by atoms with E-state index in [4.69, 9.17) is 14.6 Å². The molecule has 0 aliphatic carbocycles. The SMILES string of the molecule is CCCCCOc1ccc(C(C)NCCCNC(=O)O)cc1OC. The number of hydrogen-bond acceptors (Lipinski definition) is 4. The van der Waals surface area contributed by atoms with Crippen molar-refractivity contribution in [3.8, 4) is 11.5 Å². The molecule has 24 heavy (non-hydrogen) atoms. The van der Waals surface area contributed by atoms with Gasteiger partial charge in [0, 0.05) is 12.6 Å². The van der Waals surface area contributed by atoms with E-state index in [1.807, 2.05) is 18.2 Å². The fourth-order valence-electron chi connectivity index (χ4n) is 2.33. The van der Waals surface area contributed by atoms with Crippen LogP contribution in [0.15, 0.2) is 18.2 Å². The molecule has 0 aliphatic heterocycles. The van der Waals surface area contributed by atoms with Crippen LogP contribution in [0.4, 0.5) is 4.79 Å². The average molecular weight is 338 g/mol. The highest BCUT2D eigenvalue weighted by atomic mass is 16.5. The maximum Gasteiger partial charge on any atom is 0.404 e. The van der Waals surface area contributed by atoms with Crippen molar-refractivity contribution in [3.05, 3.63) is 23.8 Å². The van der Waals surface area contributed by atoms with Gasteiger partial charge >= 0.3 is 6.09 Å². The molecule has 0 spiro atoms. The lowest BCUT2D eigenvalue weighted by Crippen LogP contribution is -2.27. The molecule has 1 rings (SSSR count). The van der Waals surface area contributed by atoms with Crippen LogP contribution in [-0.2, 0) is 0 Å². The number of amides is 1. The van der Waals surface area contributed by atoms with E-state index < -0.39 is 6.09 Å². The van der Waals surface area contributed by atoms with Gasteiger partial charge in [-0.25, -0.2) is 4.79 Å². The van der Waals surface area contributed by atoms with Gasteiger partial charge in [-0.05, 0) is 44.0 Å². The largest absolute Gasteiger partial charge is 0.493 e. The molecule has 1 aromatic carbocycles. The van der Waals surface area contributed by atoms with Gasteiger partial charge in [-0.2, -0.15) is 0 Å². The Morgan fingerprint density at radius 2 is 2.00 bits per heavy atom. The van der Waals surface area contributed by atoms with Crippen LogP contribution >= 0.6 is 0 Å². The summed E-state index contributed by atoms with van der Waals surface area (Å²) in [6.07, 6.45) is 3.14. The Morgan fingerprint density at radius 1 is 1.21 bits per heavy atom. The minimum atomic E-state index is -0.984. The second-order valence-corrected chi connectivity index (χ2v) is 5.73. The zero-order chi connectivity index (χ0) is 17.8. The molecule has 1 amide bonds. The first-order valence-electron chi connectivity index (χ1n) is 8.59. The van der Waals surface area contributed by atoms with E-state index in [9.17, 15) is 4.79 Å². The van der Waals surface area contributed by atoms with Crippen LogP contribution < -0.4 is 20.1 Å². The van der Waals surface area contributed by atoms with Crippen LogP contribution in [0.5, 0.6) is 11.5 Å². The van der Waals surface area contributed by atoms with Crippen molar-refractivity contribution in [2.24, 2.45) is 0 Å². The van der Waals surface area contributed by atoms with Gasteiger partial charge < -0.3 is 25.2 Å². The summed E-state index contributed by atoms with van der Waals surface area (Å²) >= 11 is 0. The zero-order valence-corrected chi connectivity index (χ0v) is 14.9. The van der Waals surface area contributed by atoms with Crippen LogP contribution in [-0.4, -0.2) is 38.0 Å². The average Bonchev–Trinajstić information content (AvgIpc) is 2.58. The summed E-state index contributed by atoms with van der Waals surface area (Å²) in [7, 11) is 1.65. The normalized spacial score (nSPS) is 11.8. The molecular weight excluding hydrogens is 308 g/mol. The summed E-state index contributed by atoms with van der Waals surface area (Å²) in [6.45, 7) is 6.12. The molecule has 0 saturated heterocycles. The number of carboxylic acid groups (broad SMARTS) is 1. The molecule has 0 aliphatic rings. The van der Waals surface area contributed by atoms with Crippen LogP contribution in [0.1, 0.15) is 51.1 Å². The Labute approximate surface area is 144 Å². The molecule has 3 N–H and O–H groups in total. The van der Waals surface area contributed by atoms with Crippen molar-refractivity contribution in [2.45, 2.75) is 45.6 Å². The molecule has 0 saturated carbocycles. The van der Waals surface area contributed by atoms with E-state index in [1.54, 1.807) is 7.11 Å². The van der Waals surface area contributed by atoms with Gasteiger partial charge in [-0.3, -0.25) is 0 Å². The number of nitrogens with one attached hydrogen (secondary N) is 2. The fraction of sp³-hybridized carbons (Fsp3) is 0.611. The lowest BCUT2D eigenvalue weighted by atomic mass is 10.1. The lowest BCUT2D eigenvalue weighted by Gasteiger charge is -2.17. The molecule has 1 atom stereocenters. The molecule has 136 valence electrons. The first-order chi connectivity index (χ1) is 11.6. The Hall–Kier alpha value is -1.95. The number of ether oxygens (including phenoxy) is 2. The van der Waals surface area contributed by atoms with Gasteiger partial charge in [0.1, 0.15) is 0 Å². The predicted octanol–water partition coefficient (Wildman–Crippen LogP) is 3.57. The standard InChI is InChI=1S/C18H30N2O4/c1-4-5-6-12-24-16-9-8-15(13-17(16)23-3)14(2)19-10-7-11-20-18(21)22/h8-9,13-14,19-20H,4-7,10-12H2,1-3H3,(H,21,22). The summed E-state index contributed by atoms with van der Waals surface area (Å²) in [5.41, 5.74) is 1.11. The summed E-state index contributed by atoms with van der Waals surface area (Å²) in [5.74, 6) is 1.51. The lowest BCUT2D eigenvalue weighted by molar-refractivity contribution is 0.194. The monoisotopic (exact) mass is 338 g/mol. The summed E-state index contributed by atoms with van der Waals surface area (Å²) in [5, 5.41) is 14.2. The van der Waals surface area contributed by atoms with Crippen LogP contribution in [0.3, 0.4) is 0 Å². The highest BCUT2D eigenvalue weighted by Gasteiger charge is 2.10. The number of unbranched alkanes of at least 4 members (excludes halogenated alkanes) is 2. The van der Waals surface area contributed by atoms with Crippen molar-refractivity contribution in [3.63, 3.8) is 0 Å². The third-order valence-electron chi connectivity index (χ3n) is 3.77. The van der Waals surface area contributed by atoms with Gasteiger partial charge in [0.2, 0.25) is 0 Å². The van der Waals surface area contributed by atoms with Crippen LogP contribution in [0.25, 0.3) is 0 Å². The molecule has 6 heteroatoms. The quantitative estimate of drug-likeness (QED) is 0.508. The highest BCUT2D eigenvalue weighted by Crippen LogP contribution is 2.30. The van der Waals surface area contributed by atoms with Gasteiger partial charge in [0.05, 0.1) is 13.7 Å². The molecule has 1 unspecified atom stereocenters. The summed E-state index contributed by atoms with van der Waals surface area (Å²) < 4.78 is 11.2. The van der Waals surface area contributed by atoms with Gasteiger partial charge in [0.25, 0.3) is 0 Å². The minimum Gasteiger partial charge on any atom is -0.493 e. The van der Waals surface area contributed by atoms with Gasteiger partial charge in [0.15, 0.2) is 11.5 Å². The number of carbonyl (C=O) groups is 1. The number of rotatable bonds is 12. The second kappa shape index (κ2) is 11.6. The molecular formula is C18H30N2O4. The second-order valence-electron chi connectivity index (χ2n) is 5.73. The minimum absolute atomic E-state index is 0.151. The third kappa shape index (κ3) is 7.55. The van der Waals surface area contributed by atoms with Crippen molar-refractivity contribution in [1.82, 2.24) is 10.6 Å². The molecule has 0 heterocycles. The van der Waals surface area contributed by atoms with Crippen LogP contribution in [0.2, 0.25) is 0 Å². The Bertz CT molecular complexity index is 494. The Kier molecular flexibility index (Phi) is 9.68. The topological polar surface area (TPSA) is 79.8 Å². The van der Waals surface area contributed by atoms with Crippen molar-refractivity contribution in [2.75, 3.05) is 26.8 Å². The molecule has 0 aromatic heterocycles.